The van der Waals surface area contributed by atoms with Gasteiger partial charge in [-0.2, -0.15) is 0 Å². The van der Waals surface area contributed by atoms with E-state index in [4.69, 9.17) is 9.84 Å². The Balaban J connectivity index is 2.64. The van der Waals surface area contributed by atoms with Crippen LogP contribution in [0.2, 0.25) is 0 Å². The fraction of sp³-hybridized carbons (Fsp3) is 0.818. The Morgan fingerprint density at radius 3 is 2.56 bits per heavy atom. The second kappa shape index (κ2) is 4.82. The van der Waals surface area contributed by atoms with Crippen molar-refractivity contribution in [1.82, 2.24) is 4.90 Å². The van der Waals surface area contributed by atoms with Gasteiger partial charge in [-0.05, 0) is 26.7 Å². The van der Waals surface area contributed by atoms with E-state index >= 15 is 0 Å². The Morgan fingerprint density at radius 1 is 1.50 bits per heavy atom. The van der Waals surface area contributed by atoms with Gasteiger partial charge >= 0.3 is 5.97 Å². The van der Waals surface area contributed by atoms with Gasteiger partial charge in [-0.3, -0.25) is 9.59 Å². The molecule has 0 bridgehead atoms. The van der Waals surface area contributed by atoms with E-state index in [9.17, 15) is 9.59 Å². The number of ether oxygens (including phenoxy) is 1. The van der Waals surface area contributed by atoms with Crippen LogP contribution in [0.5, 0.6) is 0 Å². The van der Waals surface area contributed by atoms with E-state index in [2.05, 4.69) is 0 Å². The molecule has 92 valence electrons. The maximum Gasteiger partial charge on any atom is 0.305 e. The lowest BCUT2D eigenvalue weighted by Crippen LogP contribution is -2.50. The largest absolute Gasteiger partial charge is 0.481 e. The van der Waals surface area contributed by atoms with E-state index in [1.807, 2.05) is 0 Å². The minimum absolute atomic E-state index is 0.0675. The molecule has 1 rings (SSSR count). The summed E-state index contributed by atoms with van der Waals surface area (Å²) in [5, 5.41) is 8.78. The third-order valence-electron chi connectivity index (χ3n) is 3.03. The lowest BCUT2D eigenvalue weighted by Gasteiger charge is -2.35. The number of carboxylic acids is 1. The zero-order chi connectivity index (χ0) is 12.3. The Kier molecular flexibility index (Phi) is 3.91. The Hall–Kier alpha value is -1.10. The van der Waals surface area contributed by atoms with Crippen molar-refractivity contribution in [1.29, 1.82) is 0 Å². The normalized spacial score (nSPS) is 20.8. The van der Waals surface area contributed by atoms with Crippen molar-refractivity contribution in [3.63, 3.8) is 0 Å². The minimum Gasteiger partial charge on any atom is -0.481 e. The van der Waals surface area contributed by atoms with E-state index in [-0.39, 0.29) is 12.3 Å². The molecule has 0 radical (unpaired) electrons. The molecule has 1 atom stereocenters. The fourth-order valence-electron chi connectivity index (χ4n) is 1.78. The summed E-state index contributed by atoms with van der Waals surface area (Å²) in [6.07, 6.45) is 1.16. The third-order valence-corrected chi connectivity index (χ3v) is 3.03. The molecule has 0 aliphatic carbocycles. The topological polar surface area (TPSA) is 66.8 Å². The molecular formula is C11H19NO4. The van der Waals surface area contributed by atoms with Crippen LogP contribution in [-0.2, 0) is 14.3 Å². The lowest BCUT2D eigenvalue weighted by atomic mass is 9.98. The quantitative estimate of drug-likeness (QED) is 0.777. The third kappa shape index (κ3) is 2.95. The second-order valence-corrected chi connectivity index (χ2v) is 4.78. The van der Waals surface area contributed by atoms with Crippen LogP contribution in [0.15, 0.2) is 0 Å². The van der Waals surface area contributed by atoms with Crippen LogP contribution >= 0.6 is 0 Å². The van der Waals surface area contributed by atoms with Crippen LogP contribution in [0.4, 0.5) is 0 Å². The molecule has 0 aromatic rings. The summed E-state index contributed by atoms with van der Waals surface area (Å²) >= 11 is 0. The van der Waals surface area contributed by atoms with E-state index in [1.54, 1.807) is 20.9 Å². The average Bonchev–Trinajstić information content (AvgIpc) is 2.66. The van der Waals surface area contributed by atoms with Crippen LogP contribution in [0, 0.1) is 0 Å². The summed E-state index contributed by atoms with van der Waals surface area (Å²) in [6.45, 7) is 4.10. The van der Waals surface area contributed by atoms with Gasteiger partial charge in [0.25, 0.3) is 5.91 Å². The van der Waals surface area contributed by atoms with Crippen molar-refractivity contribution in [2.75, 3.05) is 13.7 Å². The molecule has 1 unspecified atom stereocenters. The van der Waals surface area contributed by atoms with Gasteiger partial charge < -0.3 is 14.7 Å². The standard InChI is InChI=1S/C11H19NO4/c1-11(2,7-9(13)14)12(3)10(15)8-5-4-6-16-8/h8H,4-7H2,1-3H3,(H,13,14). The predicted molar refractivity (Wildman–Crippen MR) is 58.1 cm³/mol. The van der Waals surface area contributed by atoms with Gasteiger partial charge in [-0.1, -0.05) is 0 Å². The van der Waals surface area contributed by atoms with Crippen molar-refractivity contribution in [3.8, 4) is 0 Å². The summed E-state index contributed by atoms with van der Waals surface area (Å²) < 4.78 is 5.30. The molecule has 1 aliphatic rings. The molecule has 1 amide bonds. The predicted octanol–water partition coefficient (Wildman–Crippen LogP) is 0.877. The van der Waals surface area contributed by atoms with Crippen molar-refractivity contribution in [2.24, 2.45) is 0 Å². The maximum absolute atomic E-state index is 12.0. The van der Waals surface area contributed by atoms with Crippen LogP contribution in [0.3, 0.4) is 0 Å². The van der Waals surface area contributed by atoms with Crippen molar-refractivity contribution in [3.05, 3.63) is 0 Å². The highest BCUT2D eigenvalue weighted by molar-refractivity contribution is 5.82. The first-order valence-corrected chi connectivity index (χ1v) is 5.45. The molecule has 1 N–H and O–H groups in total. The SMILES string of the molecule is CN(C(=O)C1CCCO1)C(C)(C)CC(=O)O. The zero-order valence-electron chi connectivity index (χ0n) is 10.0. The number of rotatable bonds is 4. The summed E-state index contributed by atoms with van der Waals surface area (Å²) in [5.74, 6) is -1.03. The molecular weight excluding hydrogens is 210 g/mol. The molecule has 1 aliphatic heterocycles. The summed E-state index contributed by atoms with van der Waals surface area (Å²) in [5.41, 5.74) is -0.686. The van der Waals surface area contributed by atoms with E-state index in [1.165, 1.54) is 4.90 Å². The lowest BCUT2D eigenvalue weighted by molar-refractivity contribution is -0.148. The van der Waals surface area contributed by atoms with Crippen LogP contribution < -0.4 is 0 Å². The Bertz CT molecular complexity index is 282. The van der Waals surface area contributed by atoms with Crippen molar-refractivity contribution < 1.29 is 19.4 Å². The van der Waals surface area contributed by atoms with Crippen molar-refractivity contribution in [2.45, 2.75) is 44.8 Å². The van der Waals surface area contributed by atoms with Gasteiger partial charge in [0.15, 0.2) is 0 Å². The molecule has 0 aromatic carbocycles. The molecule has 5 nitrogen and oxygen atoms in total. The summed E-state index contributed by atoms with van der Waals surface area (Å²) in [6, 6.07) is 0. The van der Waals surface area contributed by atoms with Gasteiger partial charge in [0.2, 0.25) is 0 Å². The molecule has 1 fully saturated rings. The first-order chi connectivity index (χ1) is 7.34. The molecule has 0 saturated carbocycles. The number of likely N-dealkylation sites (N-methyl/N-ethyl adjacent to an activating group) is 1. The Labute approximate surface area is 95.4 Å². The molecule has 0 aromatic heterocycles. The van der Waals surface area contributed by atoms with Gasteiger partial charge in [0.1, 0.15) is 6.10 Å². The fourth-order valence-corrected chi connectivity index (χ4v) is 1.78. The van der Waals surface area contributed by atoms with Gasteiger partial charge in [0.05, 0.1) is 6.42 Å². The second-order valence-electron chi connectivity index (χ2n) is 4.78. The van der Waals surface area contributed by atoms with E-state index in [0.717, 1.165) is 12.8 Å². The maximum atomic E-state index is 12.0. The smallest absolute Gasteiger partial charge is 0.305 e. The van der Waals surface area contributed by atoms with Crippen LogP contribution in [0.1, 0.15) is 33.1 Å². The zero-order valence-corrected chi connectivity index (χ0v) is 10.0. The number of carbonyl (C=O) groups is 2. The number of hydrogen-bond donors (Lipinski definition) is 1. The van der Waals surface area contributed by atoms with Crippen molar-refractivity contribution >= 4 is 11.9 Å². The minimum atomic E-state index is -0.906. The summed E-state index contributed by atoms with van der Waals surface area (Å²) in [4.78, 5) is 24.2. The van der Waals surface area contributed by atoms with Gasteiger partial charge in [0, 0.05) is 19.2 Å². The number of amides is 1. The van der Waals surface area contributed by atoms with Gasteiger partial charge in [-0.15, -0.1) is 0 Å². The molecule has 0 spiro atoms. The highest BCUT2D eigenvalue weighted by Gasteiger charge is 2.35. The number of carbonyl (C=O) groups excluding carboxylic acids is 1. The van der Waals surface area contributed by atoms with E-state index < -0.39 is 17.6 Å². The monoisotopic (exact) mass is 229 g/mol. The number of nitrogens with zero attached hydrogens (tertiary/aromatic N) is 1. The number of hydrogen-bond acceptors (Lipinski definition) is 3. The van der Waals surface area contributed by atoms with E-state index in [0.29, 0.717) is 6.61 Å². The molecule has 5 heteroatoms. The first kappa shape index (κ1) is 13.0. The number of aliphatic carboxylic acids is 1. The van der Waals surface area contributed by atoms with Crippen LogP contribution in [-0.4, -0.2) is 47.2 Å². The summed E-state index contributed by atoms with van der Waals surface area (Å²) in [7, 11) is 1.63. The average molecular weight is 229 g/mol. The van der Waals surface area contributed by atoms with Crippen LogP contribution in [0.25, 0.3) is 0 Å². The first-order valence-electron chi connectivity index (χ1n) is 5.45. The highest BCUT2D eigenvalue weighted by atomic mass is 16.5. The molecule has 1 saturated heterocycles. The molecule has 16 heavy (non-hydrogen) atoms. The highest BCUT2D eigenvalue weighted by Crippen LogP contribution is 2.22. The number of carboxylic acid groups (broad SMARTS) is 1. The Morgan fingerprint density at radius 2 is 2.12 bits per heavy atom. The molecule has 1 heterocycles. The van der Waals surface area contributed by atoms with Gasteiger partial charge in [-0.25, -0.2) is 0 Å².